The van der Waals surface area contributed by atoms with Crippen LogP contribution in [-0.2, 0) is 15.7 Å². The summed E-state index contributed by atoms with van der Waals surface area (Å²) in [6, 6.07) is 28.8. The summed E-state index contributed by atoms with van der Waals surface area (Å²) in [6.07, 6.45) is 0.979. The van der Waals surface area contributed by atoms with Crippen molar-refractivity contribution in [2.75, 3.05) is 13.1 Å². The lowest BCUT2D eigenvalue weighted by Gasteiger charge is -2.46. The molecular weight excluding hydrogens is 417 g/mol. The SMILES string of the molecule is CCc1c(B2OC(C)(C)C(C)(C)O2)cccc1C1CN(C(c2ccccc2)c2ccccc2)C1. The molecule has 0 aromatic heterocycles. The average Bonchev–Trinajstić information content (AvgIpc) is 3.03. The molecule has 3 aromatic carbocycles. The Labute approximate surface area is 205 Å². The fourth-order valence-corrected chi connectivity index (χ4v) is 5.41. The Bertz CT molecular complexity index is 1070. The quantitative estimate of drug-likeness (QED) is 0.445. The molecular formula is C30H36BNO2. The summed E-state index contributed by atoms with van der Waals surface area (Å²) in [5, 5.41) is 0. The molecule has 0 N–H and O–H groups in total. The molecule has 0 saturated carbocycles. The lowest BCUT2D eigenvalue weighted by molar-refractivity contribution is 0.00578. The summed E-state index contributed by atoms with van der Waals surface area (Å²) in [6.45, 7) is 12.8. The largest absolute Gasteiger partial charge is 0.495 e. The third kappa shape index (κ3) is 4.13. The minimum Gasteiger partial charge on any atom is -0.399 e. The lowest BCUT2D eigenvalue weighted by atomic mass is 9.71. The topological polar surface area (TPSA) is 21.7 Å². The van der Waals surface area contributed by atoms with Crippen molar-refractivity contribution in [2.24, 2.45) is 0 Å². The first-order valence-corrected chi connectivity index (χ1v) is 12.6. The van der Waals surface area contributed by atoms with E-state index in [-0.39, 0.29) is 24.4 Å². The van der Waals surface area contributed by atoms with Gasteiger partial charge in [0, 0.05) is 19.0 Å². The van der Waals surface area contributed by atoms with Crippen molar-refractivity contribution >= 4 is 12.6 Å². The van der Waals surface area contributed by atoms with Crippen LogP contribution >= 0.6 is 0 Å². The summed E-state index contributed by atoms with van der Waals surface area (Å²) in [4.78, 5) is 2.61. The summed E-state index contributed by atoms with van der Waals surface area (Å²) in [5.74, 6) is 0.521. The van der Waals surface area contributed by atoms with Crippen molar-refractivity contribution < 1.29 is 9.31 Å². The van der Waals surface area contributed by atoms with E-state index in [1.165, 1.54) is 27.7 Å². The van der Waals surface area contributed by atoms with Crippen LogP contribution < -0.4 is 5.46 Å². The first-order chi connectivity index (χ1) is 16.3. The monoisotopic (exact) mass is 453 g/mol. The highest BCUT2D eigenvalue weighted by Gasteiger charge is 2.52. The average molecular weight is 453 g/mol. The molecule has 0 bridgehead atoms. The minimum absolute atomic E-state index is 0.287. The minimum atomic E-state index is -0.329. The molecule has 0 spiro atoms. The molecule has 0 radical (unpaired) electrons. The Hall–Kier alpha value is -2.40. The van der Waals surface area contributed by atoms with Crippen LogP contribution in [0, 0.1) is 0 Å². The maximum Gasteiger partial charge on any atom is 0.495 e. The number of hydrogen-bond acceptors (Lipinski definition) is 3. The van der Waals surface area contributed by atoms with E-state index in [4.69, 9.17) is 9.31 Å². The number of likely N-dealkylation sites (tertiary alicyclic amines) is 1. The third-order valence-corrected chi connectivity index (χ3v) is 8.05. The van der Waals surface area contributed by atoms with Gasteiger partial charge in [-0.1, -0.05) is 85.8 Å². The normalized spacial score (nSPS) is 20.0. The smallest absolute Gasteiger partial charge is 0.399 e. The predicted octanol–water partition coefficient (Wildman–Crippen LogP) is 5.74. The Morgan fingerprint density at radius 1 is 0.794 bits per heavy atom. The molecule has 3 nitrogen and oxygen atoms in total. The van der Waals surface area contributed by atoms with Crippen molar-refractivity contribution in [1.29, 1.82) is 0 Å². The molecule has 2 aliphatic heterocycles. The maximum absolute atomic E-state index is 6.42. The molecule has 2 fully saturated rings. The standard InChI is InChI=1S/C30H36BNO2/c1-6-25-26(18-13-19-27(25)31-33-29(2,3)30(4,5)34-31)24-20-32(21-24)28(22-14-9-7-10-15-22)23-16-11-8-12-17-23/h7-19,24,28H,6,20-21H2,1-5H3. The van der Waals surface area contributed by atoms with Gasteiger partial charge in [-0.25, -0.2) is 0 Å². The molecule has 0 amide bonds. The Kier molecular flexibility index (Phi) is 6.18. The van der Waals surface area contributed by atoms with Gasteiger partial charge in [-0.05, 0) is 61.8 Å². The van der Waals surface area contributed by atoms with Gasteiger partial charge < -0.3 is 9.31 Å². The van der Waals surface area contributed by atoms with Crippen LogP contribution in [0.5, 0.6) is 0 Å². The Balaban J connectivity index is 1.40. The molecule has 4 heteroatoms. The highest BCUT2D eigenvalue weighted by atomic mass is 16.7. The molecule has 3 aromatic rings. The fourth-order valence-electron chi connectivity index (χ4n) is 5.41. The number of benzene rings is 3. The van der Waals surface area contributed by atoms with E-state index in [0.717, 1.165) is 19.5 Å². The second-order valence-corrected chi connectivity index (χ2v) is 10.7. The van der Waals surface area contributed by atoms with Gasteiger partial charge >= 0.3 is 7.12 Å². The van der Waals surface area contributed by atoms with Crippen molar-refractivity contribution in [3.05, 3.63) is 101 Å². The van der Waals surface area contributed by atoms with E-state index in [0.29, 0.717) is 5.92 Å². The van der Waals surface area contributed by atoms with Gasteiger partial charge in [0.25, 0.3) is 0 Å². The highest BCUT2D eigenvalue weighted by Crippen LogP contribution is 2.40. The van der Waals surface area contributed by atoms with Gasteiger partial charge in [0.1, 0.15) is 0 Å². The van der Waals surface area contributed by atoms with Gasteiger partial charge in [0.05, 0.1) is 17.2 Å². The van der Waals surface area contributed by atoms with Crippen molar-refractivity contribution in [3.63, 3.8) is 0 Å². The lowest BCUT2D eigenvalue weighted by Crippen LogP contribution is -2.48. The Morgan fingerprint density at radius 2 is 1.32 bits per heavy atom. The van der Waals surface area contributed by atoms with Crippen LogP contribution in [0.3, 0.4) is 0 Å². The zero-order valence-corrected chi connectivity index (χ0v) is 21.1. The molecule has 2 heterocycles. The number of hydrogen-bond donors (Lipinski definition) is 0. The van der Waals surface area contributed by atoms with Crippen LogP contribution in [0.2, 0.25) is 0 Å². The summed E-state index contributed by atoms with van der Waals surface area (Å²) >= 11 is 0. The highest BCUT2D eigenvalue weighted by molar-refractivity contribution is 6.62. The van der Waals surface area contributed by atoms with Crippen LogP contribution in [0.1, 0.15) is 68.8 Å². The second-order valence-electron chi connectivity index (χ2n) is 10.7. The summed E-state index contributed by atoms with van der Waals surface area (Å²) < 4.78 is 12.8. The van der Waals surface area contributed by atoms with Crippen LogP contribution in [-0.4, -0.2) is 36.3 Å². The van der Waals surface area contributed by atoms with Crippen molar-refractivity contribution in [3.8, 4) is 0 Å². The van der Waals surface area contributed by atoms with Gasteiger partial charge in [0.2, 0.25) is 0 Å². The van der Waals surface area contributed by atoms with Gasteiger partial charge in [0.15, 0.2) is 0 Å². The van der Waals surface area contributed by atoms with Crippen LogP contribution in [0.25, 0.3) is 0 Å². The first-order valence-electron chi connectivity index (χ1n) is 12.6. The zero-order chi connectivity index (χ0) is 23.9. The molecule has 2 aliphatic rings. The van der Waals surface area contributed by atoms with Crippen molar-refractivity contribution in [2.45, 2.75) is 64.2 Å². The van der Waals surface area contributed by atoms with E-state index in [9.17, 15) is 0 Å². The molecule has 34 heavy (non-hydrogen) atoms. The van der Waals surface area contributed by atoms with E-state index < -0.39 is 0 Å². The molecule has 2 saturated heterocycles. The number of rotatable bonds is 6. The van der Waals surface area contributed by atoms with E-state index in [1.807, 2.05) is 0 Å². The summed E-state index contributed by atoms with van der Waals surface area (Å²) in [7, 11) is -0.308. The van der Waals surface area contributed by atoms with E-state index in [1.54, 1.807) is 0 Å². The molecule has 176 valence electrons. The van der Waals surface area contributed by atoms with Gasteiger partial charge in [-0.15, -0.1) is 0 Å². The summed E-state index contributed by atoms with van der Waals surface area (Å²) in [5.41, 5.74) is 6.09. The van der Waals surface area contributed by atoms with E-state index in [2.05, 4.69) is 118 Å². The van der Waals surface area contributed by atoms with Gasteiger partial charge in [-0.3, -0.25) is 4.90 Å². The molecule has 0 unspecified atom stereocenters. The van der Waals surface area contributed by atoms with Crippen LogP contribution in [0.15, 0.2) is 78.9 Å². The zero-order valence-electron chi connectivity index (χ0n) is 21.1. The predicted molar refractivity (Wildman–Crippen MR) is 141 cm³/mol. The maximum atomic E-state index is 6.42. The van der Waals surface area contributed by atoms with Crippen molar-refractivity contribution in [1.82, 2.24) is 4.90 Å². The molecule has 0 aliphatic carbocycles. The number of nitrogens with zero attached hydrogens (tertiary/aromatic N) is 1. The molecule has 5 rings (SSSR count). The van der Waals surface area contributed by atoms with E-state index >= 15 is 0 Å². The van der Waals surface area contributed by atoms with Crippen LogP contribution in [0.4, 0.5) is 0 Å². The Morgan fingerprint density at radius 3 is 1.82 bits per heavy atom. The third-order valence-electron chi connectivity index (χ3n) is 8.05. The van der Waals surface area contributed by atoms with Gasteiger partial charge in [-0.2, -0.15) is 0 Å². The fraction of sp³-hybridized carbons (Fsp3) is 0.400. The second kappa shape index (κ2) is 9.00. The molecule has 0 atom stereocenters. The first kappa shape index (κ1) is 23.4.